The molecule has 2 heterocycles. The van der Waals surface area contributed by atoms with Crippen LogP contribution in [0.4, 0.5) is 5.69 Å². The fraction of sp³-hybridized carbons (Fsp3) is 0.286. The van der Waals surface area contributed by atoms with Crippen LogP contribution in [0.2, 0.25) is 5.22 Å². The number of aromatic nitrogens is 2. The number of halogens is 1. The van der Waals surface area contributed by atoms with Crippen LogP contribution < -0.4 is 10.9 Å². The molecule has 116 valence electrons. The van der Waals surface area contributed by atoms with Crippen molar-refractivity contribution in [3.05, 3.63) is 45.7 Å². The summed E-state index contributed by atoms with van der Waals surface area (Å²) in [5, 5.41) is 5.87. The molecule has 2 rings (SSSR count). The Labute approximate surface area is 130 Å². The summed E-state index contributed by atoms with van der Waals surface area (Å²) in [5.41, 5.74) is -0.461. The third-order valence-electron chi connectivity index (χ3n) is 3.13. The normalized spacial score (nSPS) is 12.0. The molecular formula is C14H14ClN3O4. The first-order chi connectivity index (χ1) is 10.4. The van der Waals surface area contributed by atoms with Crippen molar-refractivity contribution in [2.24, 2.45) is 0 Å². The highest BCUT2D eigenvalue weighted by Gasteiger charge is 2.18. The van der Waals surface area contributed by atoms with Gasteiger partial charge in [0, 0.05) is 12.3 Å². The molecule has 22 heavy (non-hydrogen) atoms. The van der Waals surface area contributed by atoms with Crippen molar-refractivity contribution in [2.75, 3.05) is 5.32 Å². The van der Waals surface area contributed by atoms with E-state index in [9.17, 15) is 14.4 Å². The Balaban J connectivity index is 2.31. The van der Waals surface area contributed by atoms with E-state index < -0.39 is 17.5 Å². The van der Waals surface area contributed by atoms with E-state index in [0.717, 1.165) is 0 Å². The second-order valence-electron chi connectivity index (χ2n) is 4.64. The van der Waals surface area contributed by atoms with Crippen LogP contribution in [0.15, 0.2) is 33.7 Å². The second-order valence-corrected chi connectivity index (χ2v) is 5.01. The summed E-state index contributed by atoms with van der Waals surface area (Å²) in [7, 11) is 0. The molecule has 0 unspecified atom stereocenters. The molecule has 1 N–H and O–H groups in total. The number of amides is 1. The molecule has 0 aromatic carbocycles. The number of carbonyl (C=O) groups is 2. The van der Waals surface area contributed by atoms with Crippen molar-refractivity contribution >= 4 is 29.0 Å². The number of pyridine rings is 1. The number of anilines is 1. The Bertz CT molecular complexity index is 765. The van der Waals surface area contributed by atoms with Crippen LogP contribution in [0.1, 0.15) is 36.8 Å². The van der Waals surface area contributed by atoms with Crippen LogP contribution in [0.5, 0.6) is 0 Å². The van der Waals surface area contributed by atoms with Crippen molar-refractivity contribution in [2.45, 2.75) is 26.3 Å². The summed E-state index contributed by atoms with van der Waals surface area (Å²) in [6.45, 7) is 3.23. The first-order valence-corrected chi connectivity index (χ1v) is 6.97. The van der Waals surface area contributed by atoms with E-state index in [0.29, 0.717) is 6.42 Å². The zero-order valence-electron chi connectivity index (χ0n) is 12.0. The third-order valence-corrected chi connectivity index (χ3v) is 3.31. The molecule has 0 aliphatic carbocycles. The van der Waals surface area contributed by atoms with Crippen molar-refractivity contribution in [3.8, 4) is 0 Å². The molecule has 2 aromatic heterocycles. The lowest BCUT2D eigenvalue weighted by Gasteiger charge is -2.16. The minimum Gasteiger partial charge on any atom is -0.344 e. The van der Waals surface area contributed by atoms with Gasteiger partial charge in [0.05, 0.1) is 6.04 Å². The number of hydrogen-bond acceptors (Lipinski definition) is 5. The van der Waals surface area contributed by atoms with Gasteiger partial charge in [-0.15, -0.1) is 0 Å². The molecule has 0 aliphatic rings. The van der Waals surface area contributed by atoms with Gasteiger partial charge < -0.3 is 14.4 Å². The number of nitrogens with zero attached hydrogens (tertiary/aromatic N) is 2. The van der Waals surface area contributed by atoms with E-state index in [1.807, 2.05) is 0 Å². The van der Waals surface area contributed by atoms with Gasteiger partial charge in [-0.2, -0.15) is 0 Å². The van der Waals surface area contributed by atoms with Crippen LogP contribution in [-0.2, 0) is 4.79 Å². The number of Topliss-reactive ketones (excluding diaryl/α,β-unsaturated/α-hetero) is 1. The molecule has 0 spiro atoms. The molecule has 0 bridgehead atoms. The molecule has 0 radical (unpaired) electrons. The first-order valence-electron chi connectivity index (χ1n) is 6.59. The molecule has 8 heteroatoms. The zero-order valence-corrected chi connectivity index (χ0v) is 12.8. The molecule has 0 saturated carbocycles. The van der Waals surface area contributed by atoms with Crippen LogP contribution >= 0.6 is 11.6 Å². The zero-order chi connectivity index (χ0) is 16.3. The molecule has 2 aromatic rings. The number of rotatable bonds is 5. The molecule has 1 atom stereocenters. The van der Waals surface area contributed by atoms with E-state index in [1.54, 1.807) is 13.0 Å². The summed E-state index contributed by atoms with van der Waals surface area (Å²) < 4.78 is 5.89. The standard InChI is InChI=1S/C14H14ClN3O4/c1-3-11(8(2)19)18-6-4-5-9(14(18)21)16-13(20)10-7-12(15)22-17-10/h4-7,11H,3H2,1-2H3,(H,16,20)/t11-/m0/s1. The smallest absolute Gasteiger partial charge is 0.278 e. The van der Waals surface area contributed by atoms with E-state index in [-0.39, 0.29) is 22.4 Å². The van der Waals surface area contributed by atoms with Crippen LogP contribution in [0.25, 0.3) is 0 Å². The van der Waals surface area contributed by atoms with Gasteiger partial charge in [0.25, 0.3) is 11.5 Å². The molecule has 7 nitrogen and oxygen atoms in total. The maximum absolute atomic E-state index is 12.4. The summed E-state index contributed by atoms with van der Waals surface area (Å²) >= 11 is 5.55. The molecule has 0 saturated heterocycles. The van der Waals surface area contributed by atoms with Gasteiger partial charge in [0.15, 0.2) is 11.5 Å². The van der Waals surface area contributed by atoms with Gasteiger partial charge in [-0.3, -0.25) is 14.4 Å². The quantitative estimate of drug-likeness (QED) is 0.911. The summed E-state index contributed by atoms with van der Waals surface area (Å²) in [6, 6.07) is 3.71. The van der Waals surface area contributed by atoms with Crippen molar-refractivity contribution in [1.82, 2.24) is 9.72 Å². The van der Waals surface area contributed by atoms with Gasteiger partial charge in [0.2, 0.25) is 5.22 Å². The first kappa shape index (κ1) is 16.0. The monoisotopic (exact) mass is 323 g/mol. The van der Waals surface area contributed by atoms with E-state index in [4.69, 9.17) is 11.6 Å². The highest BCUT2D eigenvalue weighted by atomic mass is 35.5. The predicted molar refractivity (Wildman–Crippen MR) is 80.2 cm³/mol. The Hall–Kier alpha value is -2.41. The van der Waals surface area contributed by atoms with Gasteiger partial charge in [0.1, 0.15) is 5.69 Å². The van der Waals surface area contributed by atoms with Crippen LogP contribution in [-0.4, -0.2) is 21.4 Å². The number of ketones is 1. The summed E-state index contributed by atoms with van der Waals surface area (Å²) in [5.74, 6) is -0.752. The Morgan fingerprint density at radius 2 is 2.23 bits per heavy atom. The van der Waals surface area contributed by atoms with Crippen molar-refractivity contribution < 1.29 is 14.1 Å². The highest BCUT2D eigenvalue weighted by molar-refractivity contribution is 6.29. The Kier molecular flexibility index (Phi) is 4.77. The van der Waals surface area contributed by atoms with Crippen molar-refractivity contribution in [3.63, 3.8) is 0 Å². The molecule has 1 amide bonds. The average molecular weight is 324 g/mol. The van der Waals surface area contributed by atoms with Crippen molar-refractivity contribution in [1.29, 1.82) is 0 Å². The molecular weight excluding hydrogens is 310 g/mol. The van der Waals surface area contributed by atoms with E-state index in [1.165, 1.54) is 29.8 Å². The average Bonchev–Trinajstić information content (AvgIpc) is 2.90. The van der Waals surface area contributed by atoms with Crippen LogP contribution in [0, 0.1) is 0 Å². The SMILES string of the molecule is CC[C@@H](C(C)=O)n1cccc(NC(=O)c2cc(Cl)on2)c1=O. The molecule has 0 aliphatic heterocycles. The summed E-state index contributed by atoms with van der Waals surface area (Å²) in [6.07, 6.45) is 1.99. The lowest BCUT2D eigenvalue weighted by molar-refractivity contribution is -0.120. The summed E-state index contributed by atoms with van der Waals surface area (Å²) in [4.78, 5) is 35.9. The fourth-order valence-electron chi connectivity index (χ4n) is 2.08. The van der Waals surface area contributed by atoms with Gasteiger partial charge in [-0.25, -0.2) is 0 Å². The lowest BCUT2D eigenvalue weighted by Crippen LogP contribution is -2.30. The number of hydrogen-bond donors (Lipinski definition) is 1. The largest absolute Gasteiger partial charge is 0.344 e. The van der Waals surface area contributed by atoms with E-state index in [2.05, 4.69) is 15.0 Å². The van der Waals surface area contributed by atoms with Gasteiger partial charge in [-0.05, 0) is 37.1 Å². The Morgan fingerprint density at radius 3 is 2.77 bits per heavy atom. The van der Waals surface area contributed by atoms with Gasteiger partial charge in [-0.1, -0.05) is 12.1 Å². The lowest BCUT2D eigenvalue weighted by atomic mass is 10.1. The second kappa shape index (κ2) is 6.57. The predicted octanol–water partition coefficient (Wildman–Crippen LogP) is 2.28. The minimum absolute atomic E-state index is 0.0294. The minimum atomic E-state index is -0.624. The maximum atomic E-state index is 12.4. The fourth-order valence-corrected chi connectivity index (χ4v) is 2.21. The highest BCUT2D eigenvalue weighted by Crippen LogP contribution is 2.13. The Morgan fingerprint density at radius 1 is 1.50 bits per heavy atom. The third kappa shape index (κ3) is 3.25. The number of nitrogens with one attached hydrogen (secondary N) is 1. The van der Waals surface area contributed by atoms with Crippen LogP contribution in [0.3, 0.4) is 0 Å². The maximum Gasteiger partial charge on any atom is 0.278 e. The van der Waals surface area contributed by atoms with E-state index >= 15 is 0 Å². The number of carbonyl (C=O) groups excluding carboxylic acids is 2. The molecule has 0 fully saturated rings. The topological polar surface area (TPSA) is 94.2 Å². The van der Waals surface area contributed by atoms with Gasteiger partial charge >= 0.3 is 0 Å².